The number of nitrogens with zero attached hydrogens (tertiary/aromatic N) is 4. The third kappa shape index (κ3) is 4.30. The molecule has 0 saturated carbocycles. The molecule has 144 valence electrons. The summed E-state index contributed by atoms with van der Waals surface area (Å²) in [7, 11) is 0. The minimum Gasteiger partial charge on any atom is -0.267 e. The average Bonchev–Trinajstić information content (AvgIpc) is 3.19. The van der Waals surface area contributed by atoms with Gasteiger partial charge >= 0.3 is 0 Å². The van der Waals surface area contributed by atoms with Crippen LogP contribution in [0.15, 0.2) is 72.0 Å². The zero-order valence-electron chi connectivity index (χ0n) is 15.1. The number of halogens is 2. The van der Waals surface area contributed by atoms with E-state index in [1.165, 1.54) is 23.0 Å². The Bertz CT molecular complexity index is 1220. The van der Waals surface area contributed by atoms with E-state index in [0.717, 1.165) is 10.9 Å². The largest absolute Gasteiger partial charge is 0.291 e. The maximum Gasteiger partial charge on any atom is 0.291 e. The van der Waals surface area contributed by atoms with Crippen molar-refractivity contribution in [1.82, 2.24) is 20.2 Å². The fraction of sp³-hybridized carbons (Fsp3) is 0.0476. The Hall–Kier alpha value is -3.58. The lowest BCUT2D eigenvalue weighted by Crippen LogP contribution is -2.18. The van der Waals surface area contributed by atoms with Gasteiger partial charge in [-0.05, 0) is 24.3 Å². The van der Waals surface area contributed by atoms with Crippen LogP contribution in [-0.2, 0) is 6.54 Å². The topological polar surface area (TPSA) is 72.2 Å². The van der Waals surface area contributed by atoms with E-state index in [1.54, 1.807) is 24.4 Å². The van der Waals surface area contributed by atoms with Crippen LogP contribution in [0.2, 0.25) is 5.15 Å². The molecule has 4 aromatic rings. The Kier molecular flexibility index (Phi) is 5.31. The first kappa shape index (κ1) is 18.8. The van der Waals surface area contributed by atoms with Crippen LogP contribution < -0.4 is 5.43 Å². The number of pyridine rings is 1. The van der Waals surface area contributed by atoms with Crippen LogP contribution in [0.4, 0.5) is 4.39 Å². The molecule has 0 bridgehead atoms. The van der Waals surface area contributed by atoms with Gasteiger partial charge in [0.15, 0.2) is 5.69 Å². The van der Waals surface area contributed by atoms with Crippen molar-refractivity contribution < 1.29 is 9.18 Å². The van der Waals surface area contributed by atoms with Gasteiger partial charge in [0.1, 0.15) is 11.0 Å². The molecule has 0 aliphatic heterocycles. The number of hydrogen-bond acceptors (Lipinski definition) is 4. The van der Waals surface area contributed by atoms with Crippen LogP contribution in [0.1, 0.15) is 21.6 Å². The van der Waals surface area contributed by atoms with Crippen LogP contribution in [0.3, 0.4) is 0 Å². The molecule has 8 heteroatoms. The third-order valence-corrected chi connectivity index (χ3v) is 4.54. The van der Waals surface area contributed by atoms with Crippen LogP contribution in [0.5, 0.6) is 0 Å². The highest BCUT2D eigenvalue weighted by Gasteiger charge is 2.10. The van der Waals surface area contributed by atoms with Gasteiger partial charge in [-0.1, -0.05) is 48.0 Å². The van der Waals surface area contributed by atoms with Crippen molar-refractivity contribution >= 4 is 34.6 Å². The standard InChI is InChI=1S/C21H15ClFN5O/c22-20-16(11-14-5-2-4-8-18(14)25-20)12-24-26-21(29)19-9-10-28(27-19)13-15-6-1-3-7-17(15)23/h1-12H,13H2,(H,26,29)/b24-12+. The summed E-state index contributed by atoms with van der Waals surface area (Å²) in [6.45, 7) is 0.224. The summed E-state index contributed by atoms with van der Waals surface area (Å²) in [5.74, 6) is -0.808. The van der Waals surface area contributed by atoms with E-state index in [1.807, 2.05) is 30.3 Å². The number of para-hydroxylation sites is 1. The Morgan fingerprint density at radius 1 is 1.17 bits per heavy atom. The summed E-state index contributed by atoms with van der Waals surface area (Å²) >= 11 is 6.17. The van der Waals surface area contributed by atoms with Crippen molar-refractivity contribution in [1.29, 1.82) is 0 Å². The van der Waals surface area contributed by atoms with Crippen molar-refractivity contribution in [3.05, 3.63) is 94.7 Å². The number of hydrogen-bond donors (Lipinski definition) is 1. The summed E-state index contributed by atoms with van der Waals surface area (Å²) in [5, 5.41) is 9.29. The molecule has 29 heavy (non-hydrogen) atoms. The van der Waals surface area contributed by atoms with Crippen molar-refractivity contribution in [2.24, 2.45) is 5.10 Å². The first-order valence-electron chi connectivity index (χ1n) is 8.76. The van der Waals surface area contributed by atoms with E-state index in [-0.39, 0.29) is 23.2 Å². The van der Waals surface area contributed by atoms with Crippen LogP contribution >= 0.6 is 11.6 Å². The van der Waals surface area contributed by atoms with Gasteiger partial charge < -0.3 is 0 Å². The maximum atomic E-state index is 13.7. The molecule has 2 heterocycles. The van der Waals surface area contributed by atoms with Crippen molar-refractivity contribution in [3.8, 4) is 0 Å². The molecule has 2 aromatic carbocycles. The summed E-state index contributed by atoms with van der Waals surface area (Å²) in [5.41, 5.74) is 4.41. The number of aromatic nitrogens is 3. The molecule has 0 unspecified atom stereocenters. The average molecular weight is 408 g/mol. The minimum atomic E-state index is -0.488. The zero-order valence-corrected chi connectivity index (χ0v) is 15.8. The Balaban J connectivity index is 1.43. The van der Waals surface area contributed by atoms with Gasteiger partial charge in [-0.3, -0.25) is 9.48 Å². The van der Waals surface area contributed by atoms with E-state index < -0.39 is 5.91 Å². The second kappa shape index (κ2) is 8.20. The highest BCUT2D eigenvalue weighted by molar-refractivity contribution is 6.32. The number of hydrazone groups is 1. The zero-order chi connectivity index (χ0) is 20.2. The van der Waals surface area contributed by atoms with Gasteiger partial charge in [0.25, 0.3) is 5.91 Å². The molecular formula is C21H15ClFN5O. The predicted molar refractivity (Wildman–Crippen MR) is 110 cm³/mol. The molecule has 0 atom stereocenters. The molecule has 1 N–H and O–H groups in total. The van der Waals surface area contributed by atoms with Crippen LogP contribution in [0, 0.1) is 5.82 Å². The van der Waals surface area contributed by atoms with Gasteiger partial charge in [-0.25, -0.2) is 14.8 Å². The smallest absolute Gasteiger partial charge is 0.267 e. The van der Waals surface area contributed by atoms with E-state index in [2.05, 4.69) is 20.6 Å². The molecule has 0 fully saturated rings. The number of rotatable bonds is 5. The van der Waals surface area contributed by atoms with Crippen LogP contribution in [-0.4, -0.2) is 26.9 Å². The highest BCUT2D eigenvalue weighted by atomic mass is 35.5. The molecule has 6 nitrogen and oxygen atoms in total. The molecule has 1 amide bonds. The molecule has 0 aliphatic carbocycles. The summed E-state index contributed by atoms with van der Waals surface area (Å²) in [4.78, 5) is 16.5. The number of nitrogens with one attached hydrogen (secondary N) is 1. The highest BCUT2D eigenvalue weighted by Crippen LogP contribution is 2.18. The first-order chi connectivity index (χ1) is 14.1. The molecule has 0 radical (unpaired) electrons. The Morgan fingerprint density at radius 2 is 1.97 bits per heavy atom. The molecule has 0 aliphatic rings. The monoisotopic (exact) mass is 407 g/mol. The second-order valence-corrected chi connectivity index (χ2v) is 6.61. The number of fused-ring (bicyclic) bond motifs is 1. The Morgan fingerprint density at radius 3 is 2.83 bits per heavy atom. The van der Waals surface area contributed by atoms with E-state index in [0.29, 0.717) is 11.1 Å². The van der Waals surface area contributed by atoms with Gasteiger partial charge in [0.2, 0.25) is 0 Å². The van der Waals surface area contributed by atoms with Gasteiger partial charge in [0, 0.05) is 22.7 Å². The van der Waals surface area contributed by atoms with E-state index >= 15 is 0 Å². The van der Waals surface area contributed by atoms with Crippen molar-refractivity contribution in [3.63, 3.8) is 0 Å². The lowest BCUT2D eigenvalue weighted by molar-refractivity contribution is 0.0949. The summed E-state index contributed by atoms with van der Waals surface area (Å²) in [6, 6.07) is 17.4. The number of carbonyl (C=O) groups excluding carboxylic acids is 1. The van der Waals surface area contributed by atoms with E-state index in [4.69, 9.17) is 11.6 Å². The summed E-state index contributed by atoms with van der Waals surface area (Å²) < 4.78 is 15.2. The molecule has 4 rings (SSSR count). The number of amides is 1. The molecule has 2 aromatic heterocycles. The fourth-order valence-electron chi connectivity index (χ4n) is 2.79. The normalized spacial score (nSPS) is 11.2. The number of carbonyl (C=O) groups is 1. The Labute approximate surface area is 170 Å². The van der Waals surface area contributed by atoms with E-state index in [9.17, 15) is 9.18 Å². The quantitative estimate of drug-likeness (QED) is 0.308. The minimum absolute atomic E-state index is 0.168. The molecular weight excluding hydrogens is 393 g/mol. The third-order valence-electron chi connectivity index (χ3n) is 4.24. The second-order valence-electron chi connectivity index (χ2n) is 6.25. The van der Waals surface area contributed by atoms with Crippen LogP contribution in [0.25, 0.3) is 10.9 Å². The maximum absolute atomic E-state index is 13.7. The first-order valence-corrected chi connectivity index (χ1v) is 9.13. The van der Waals surface area contributed by atoms with Crippen molar-refractivity contribution in [2.75, 3.05) is 0 Å². The van der Waals surface area contributed by atoms with Gasteiger partial charge in [-0.2, -0.15) is 10.2 Å². The predicted octanol–water partition coefficient (Wildman–Crippen LogP) is 4.04. The number of benzene rings is 2. The lowest BCUT2D eigenvalue weighted by atomic mass is 10.2. The SMILES string of the molecule is O=C(N/N=C/c1cc2ccccc2nc1Cl)c1ccn(Cc2ccccc2F)n1. The fourth-order valence-corrected chi connectivity index (χ4v) is 2.98. The summed E-state index contributed by atoms with van der Waals surface area (Å²) in [6.07, 6.45) is 3.03. The lowest BCUT2D eigenvalue weighted by Gasteiger charge is -2.03. The van der Waals surface area contributed by atoms with Crippen molar-refractivity contribution in [2.45, 2.75) is 6.54 Å². The van der Waals surface area contributed by atoms with Gasteiger partial charge in [-0.15, -0.1) is 0 Å². The van der Waals surface area contributed by atoms with Gasteiger partial charge in [0.05, 0.1) is 18.3 Å². The molecule has 0 saturated heterocycles. The molecule has 0 spiro atoms.